The zero-order valence-electron chi connectivity index (χ0n) is 29.3. The minimum Gasteiger partial charge on any atom is -0.512 e. The van der Waals surface area contributed by atoms with Crippen molar-refractivity contribution in [3.8, 4) is 11.3 Å². The molecule has 6 aromatic rings. The Bertz CT molecular complexity index is 2030. The summed E-state index contributed by atoms with van der Waals surface area (Å²) in [6.45, 7) is 17.0. The molecule has 4 heterocycles. The predicted octanol–water partition coefficient (Wildman–Crippen LogP) is 12.0. The van der Waals surface area contributed by atoms with Crippen molar-refractivity contribution in [3.63, 3.8) is 0 Å². The first-order valence-electron chi connectivity index (χ1n) is 17.1. The van der Waals surface area contributed by atoms with E-state index in [9.17, 15) is 9.90 Å². The van der Waals surface area contributed by atoms with Crippen LogP contribution in [0.2, 0.25) is 0 Å². The molecule has 1 N–H and O–H groups in total. The monoisotopic (exact) mass is 844 g/mol. The second-order valence-electron chi connectivity index (χ2n) is 13.1. The number of thiophene rings is 1. The molecule has 0 bridgehead atoms. The molecule has 0 unspecified atom stereocenters. The first-order chi connectivity index (χ1) is 22.6. The van der Waals surface area contributed by atoms with Gasteiger partial charge in [0.15, 0.2) is 5.78 Å². The average Bonchev–Trinajstić information content (AvgIpc) is 3.75. The molecule has 1 radical (unpaired) electrons. The summed E-state index contributed by atoms with van der Waals surface area (Å²) in [7, 11) is 0. The maximum atomic E-state index is 11.7. The van der Waals surface area contributed by atoms with Gasteiger partial charge in [0, 0.05) is 63.9 Å². The Morgan fingerprint density at radius 3 is 2.31 bits per heavy atom. The minimum atomic E-state index is 0. The van der Waals surface area contributed by atoms with E-state index in [1.54, 1.807) is 23.9 Å². The number of carbonyl (C=O) groups excluding carboxylic acids is 1. The van der Waals surface area contributed by atoms with Crippen LogP contribution in [0.3, 0.4) is 0 Å². The van der Waals surface area contributed by atoms with Gasteiger partial charge in [0.25, 0.3) is 5.78 Å². The van der Waals surface area contributed by atoms with Crippen LogP contribution in [-0.4, -0.2) is 20.9 Å². The number of aliphatic hydroxyl groups excluding tert-OH is 1. The normalized spacial score (nSPS) is 12.2. The largest absolute Gasteiger partial charge is 0.512 e. The van der Waals surface area contributed by atoms with E-state index in [4.69, 9.17) is 13.8 Å². The summed E-state index contributed by atoms with van der Waals surface area (Å²) in [5.41, 5.74) is 6.15. The predicted molar refractivity (Wildman–Crippen MR) is 195 cm³/mol. The number of hydrogen-bond acceptors (Lipinski definition) is 7. The van der Waals surface area contributed by atoms with Crippen molar-refractivity contribution in [1.82, 2.24) is 9.97 Å². The molecule has 257 valence electrons. The van der Waals surface area contributed by atoms with Crippen molar-refractivity contribution < 1.29 is 38.8 Å². The van der Waals surface area contributed by atoms with Gasteiger partial charge >= 0.3 is 0 Å². The van der Waals surface area contributed by atoms with Crippen molar-refractivity contribution >= 4 is 59.6 Å². The van der Waals surface area contributed by atoms with Crippen molar-refractivity contribution in [2.75, 3.05) is 0 Å². The van der Waals surface area contributed by atoms with Gasteiger partial charge in [0.2, 0.25) is 0 Å². The van der Waals surface area contributed by atoms with Crippen molar-refractivity contribution in [2.24, 2.45) is 17.8 Å². The molecule has 0 aliphatic rings. The Kier molecular flexibility index (Phi) is 12.8. The summed E-state index contributed by atoms with van der Waals surface area (Å²) in [6, 6.07) is 14.2. The molecule has 8 heteroatoms. The number of nitrogens with zero attached hydrogens (tertiary/aromatic N) is 2. The number of carbonyl (C=O) groups is 1. The first kappa shape index (κ1) is 37.5. The van der Waals surface area contributed by atoms with E-state index < -0.39 is 0 Å². The molecule has 0 saturated heterocycles. The molecule has 6 rings (SSSR count). The Morgan fingerprint density at radius 1 is 0.958 bits per heavy atom. The summed E-state index contributed by atoms with van der Waals surface area (Å²) in [6.07, 6.45) is 9.29. The third kappa shape index (κ3) is 7.61. The van der Waals surface area contributed by atoms with E-state index in [2.05, 4.69) is 63.0 Å². The molecule has 0 saturated carbocycles. The van der Waals surface area contributed by atoms with Crippen molar-refractivity contribution in [3.05, 3.63) is 72.0 Å². The van der Waals surface area contributed by atoms with Crippen LogP contribution in [0.1, 0.15) is 98.1 Å². The third-order valence-electron chi connectivity index (χ3n) is 9.10. The number of benzene rings is 2. The van der Waals surface area contributed by atoms with Gasteiger partial charge in [-0.2, -0.15) is 0 Å². The van der Waals surface area contributed by atoms with Crippen LogP contribution < -0.4 is 0 Å². The third-order valence-corrected chi connectivity index (χ3v) is 10.4. The zero-order chi connectivity index (χ0) is 33.8. The van der Waals surface area contributed by atoms with Crippen LogP contribution in [-0.2, 0) is 31.3 Å². The summed E-state index contributed by atoms with van der Waals surface area (Å²) in [5.74, 6) is 2.01. The van der Waals surface area contributed by atoms with Crippen LogP contribution in [0.15, 0.2) is 63.6 Å². The maximum absolute atomic E-state index is 11.7. The summed E-state index contributed by atoms with van der Waals surface area (Å²) < 4.78 is 13.9. The van der Waals surface area contributed by atoms with E-state index >= 15 is 0 Å². The second-order valence-corrected chi connectivity index (χ2v) is 14.1. The smallest absolute Gasteiger partial charge is 0.286 e. The number of aromatic nitrogens is 2. The van der Waals surface area contributed by atoms with E-state index in [1.165, 1.54) is 27.3 Å². The van der Waals surface area contributed by atoms with Gasteiger partial charge < -0.3 is 13.9 Å². The maximum Gasteiger partial charge on any atom is 0.286 e. The van der Waals surface area contributed by atoms with Crippen LogP contribution in [0.4, 0.5) is 0 Å². The summed E-state index contributed by atoms with van der Waals surface area (Å²) in [5, 5.41) is 13.0. The molecule has 0 spiro atoms. The molecule has 2 aromatic carbocycles. The van der Waals surface area contributed by atoms with Gasteiger partial charge in [-0.15, -0.1) is 28.5 Å². The first-order valence-corrected chi connectivity index (χ1v) is 17.9. The minimum absolute atomic E-state index is 0. The van der Waals surface area contributed by atoms with E-state index in [0.29, 0.717) is 23.2 Å². The number of aliphatic hydroxyl groups is 1. The number of furan rings is 2. The summed E-state index contributed by atoms with van der Waals surface area (Å²) >= 11 is 1.78. The van der Waals surface area contributed by atoms with E-state index in [1.807, 2.05) is 33.8 Å². The fourth-order valence-corrected chi connectivity index (χ4v) is 7.68. The molecule has 48 heavy (non-hydrogen) atoms. The van der Waals surface area contributed by atoms with Crippen LogP contribution in [0, 0.1) is 23.8 Å². The van der Waals surface area contributed by atoms with Gasteiger partial charge in [-0.1, -0.05) is 79.7 Å². The van der Waals surface area contributed by atoms with Gasteiger partial charge in [-0.25, -0.2) is 4.98 Å². The number of rotatable bonds is 11. The fourth-order valence-electron chi connectivity index (χ4n) is 6.40. The standard InChI is InChI=1S/C27H23N2O2S.C13H24O2.Ir/c1-14(2)10-16-6-5-7-19-24-26(32-25(16)19)23(28-13-29-24)17-11-20(15(3)4)22-18-8-9-30-27(18)31-21(22)12-17;1-5-10(6-2)12(14)9-13(15)11(7-3)8-4;/h5-9,11,13-15H,10H2,1-4H3;9-11,14H,5-8H2,1-4H3;/q-1;;/b;12-9-;. The fraction of sp³-hybridized carbons (Fsp3) is 0.425. The molecule has 0 aliphatic heterocycles. The summed E-state index contributed by atoms with van der Waals surface area (Å²) in [4.78, 5) is 21.1. The Balaban J connectivity index is 0.000000279. The molecule has 0 amide bonds. The number of ketones is 1. The van der Waals surface area contributed by atoms with Crippen LogP contribution in [0.5, 0.6) is 0 Å². The number of fused-ring (bicyclic) bond motifs is 6. The zero-order valence-corrected chi connectivity index (χ0v) is 32.5. The van der Waals surface area contributed by atoms with E-state index in [-0.39, 0.29) is 43.5 Å². The molecular formula is C40H47IrN2O4S-. The molecule has 4 aromatic heterocycles. The average molecular weight is 844 g/mol. The van der Waals surface area contributed by atoms with Crippen molar-refractivity contribution in [1.29, 1.82) is 0 Å². The molecule has 0 aliphatic carbocycles. The van der Waals surface area contributed by atoms with Gasteiger partial charge in [0.05, 0.1) is 23.1 Å². The molecular weight excluding hydrogens is 797 g/mol. The van der Waals surface area contributed by atoms with Gasteiger partial charge in [-0.3, -0.25) is 9.78 Å². The van der Waals surface area contributed by atoms with Gasteiger partial charge in [0.1, 0.15) is 6.33 Å². The van der Waals surface area contributed by atoms with Crippen molar-refractivity contribution in [2.45, 2.75) is 93.4 Å². The Hall–Kier alpha value is -3.32. The molecule has 0 atom stereocenters. The molecule has 0 fully saturated rings. The second kappa shape index (κ2) is 16.4. The van der Waals surface area contributed by atoms with Crippen LogP contribution in [0.25, 0.3) is 53.7 Å². The topological polar surface area (TPSA) is 89.4 Å². The quantitative estimate of drug-likeness (QED) is 0.0794. The molecule has 6 nitrogen and oxygen atoms in total. The SMILES string of the molecule is CC(C)Cc1cccc2c1sc1c(-c3[c-]c4oc5occc5c4c(C(C)C)c3)ncnc12.CCC(CC)C(=O)/C=C(\O)C(CC)CC.[Ir]. The number of allylic oxidation sites excluding steroid dienone is 2. The Morgan fingerprint density at radius 2 is 1.67 bits per heavy atom. The van der Waals surface area contributed by atoms with E-state index in [0.717, 1.165) is 64.4 Å². The number of hydrogen-bond donors (Lipinski definition) is 1. The Labute approximate surface area is 301 Å². The van der Waals surface area contributed by atoms with Gasteiger partial charge in [-0.05, 0) is 61.0 Å². The van der Waals surface area contributed by atoms with Crippen LogP contribution >= 0.6 is 11.3 Å².